The molecule has 0 amide bonds. The topological polar surface area (TPSA) is 51.8 Å². The molecular formula is C11H13N3S. The Hall–Kier alpha value is -1.42. The largest absolute Gasteiger partial charge is 0.384 e. The Labute approximate surface area is 93.0 Å². The number of aromatic nitrogens is 2. The highest BCUT2D eigenvalue weighted by molar-refractivity contribution is 7.09. The number of hydrogen-bond donors (Lipinski definition) is 1. The zero-order valence-electron chi connectivity index (χ0n) is 8.60. The average Bonchev–Trinajstić information content (AvgIpc) is 2.62. The number of nitrogen functional groups attached to an aromatic ring is 1. The molecule has 2 aromatic heterocycles. The Balaban J connectivity index is 1.99. The van der Waals surface area contributed by atoms with Crippen molar-refractivity contribution in [1.29, 1.82) is 0 Å². The van der Waals surface area contributed by atoms with E-state index in [1.54, 1.807) is 17.5 Å². The van der Waals surface area contributed by atoms with Gasteiger partial charge in [0.1, 0.15) is 5.82 Å². The number of anilines is 1. The summed E-state index contributed by atoms with van der Waals surface area (Å²) in [6.45, 7) is 2.03. The van der Waals surface area contributed by atoms with Crippen molar-refractivity contribution in [2.75, 3.05) is 5.73 Å². The first-order chi connectivity index (χ1) is 7.24. The van der Waals surface area contributed by atoms with Crippen molar-refractivity contribution in [2.24, 2.45) is 0 Å². The summed E-state index contributed by atoms with van der Waals surface area (Å²) in [7, 11) is 0. The second kappa shape index (κ2) is 4.40. The predicted molar refractivity (Wildman–Crippen MR) is 62.9 cm³/mol. The summed E-state index contributed by atoms with van der Waals surface area (Å²) in [5, 5.41) is 3.24. The van der Waals surface area contributed by atoms with Gasteiger partial charge < -0.3 is 5.73 Å². The summed E-state index contributed by atoms with van der Waals surface area (Å²) < 4.78 is 0. The summed E-state index contributed by atoms with van der Waals surface area (Å²) in [5.74, 6) is 0.585. The van der Waals surface area contributed by atoms with E-state index in [0.717, 1.165) is 23.5 Å². The lowest BCUT2D eigenvalue weighted by Crippen LogP contribution is -1.95. The molecule has 0 saturated heterocycles. The Morgan fingerprint density at radius 3 is 2.93 bits per heavy atom. The molecule has 0 bridgehead atoms. The van der Waals surface area contributed by atoms with E-state index in [4.69, 9.17) is 5.73 Å². The first kappa shape index (κ1) is 10.1. The number of rotatable bonds is 3. The molecule has 0 fully saturated rings. The summed E-state index contributed by atoms with van der Waals surface area (Å²) in [4.78, 5) is 8.38. The van der Waals surface area contributed by atoms with Gasteiger partial charge in [-0.3, -0.25) is 0 Å². The van der Waals surface area contributed by atoms with Gasteiger partial charge in [0.15, 0.2) is 0 Å². The van der Waals surface area contributed by atoms with Crippen LogP contribution in [-0.4, -0.2) is 9.97 Å². The number of nitrogens with two attached hydrogens (primary N) is 1. The maximum atomic E-state index is 5.61. The molecule has 3 nitrogen and oxygen atoms in total. The Kier molecular flexibility index (Phi) is 2.97. The maximum absolute atomic E-state index is 5.61. The minimum Gasteiger partial charge on any atom is -0.384 e. The number of hydrogen-bond acceptors (Lipinski definition) is 4. The molecule has 0 aliphatic carbocycles. The van der Waals surface area contributed by atoms with Gasteiger partial charge in [0.05, 0.1) is 10.7 Å². The van der Waals surface area contributed by atoms with Crippen LogP contribution < -0.4 is 5.73 Å². The first-order valence-corrected chi connectivity index (χ1v) is 5.73. The van der Waals surface area contributed by atoms with Gasteiger partial charge in [0.25, 0.3) is 0 Å². The molecule has 78 valence electrons. The van der Waals surface area contributed by atoms with E-state index in [2.05, 4.69) is 15.3 Å². The summed E-state index contributed by atoms with van der Waals surface area (Å²) >= 11 is 1.69. The summed E-state index contributed by atoms with van der Waals surface area (Å²) in [6.07, 6.45) is 3.68. The van der Waals surface area contributed by atoms with Crippen molar-refractivity contribution in [2.45, 2.75) is 19.8 Å². The van der Waals surface area contributed by atoms with Gasteiger partial charge >= 0.3 is 0 Å². The molecule has 0 unspecified atom stereocenters. The lowest BCUT2D eigenvalue weighted by Gasteiger charge is -1.99. The molecule has 4 heteroatoms. The number of pyridine rings is 1. The SMILES string of the molecule is Cc1nc(CCc2ccnc(N)c2)cs1. The third-order valence-electron chi connectivity index (χ3n) is 2.18. The van der Waals surface area contributed by atoms with E-state index in [0.29, 0.717) is 5.82 Å². The normalized spacial score (nSPS) is 10.5. The molecule has 2 N–H and O–H groups in total. The Morgan fingerprint density at radius 2 is 2.27 bits per heavy atom. The summed E-state index contributed by atoms with van der Waals surface area (Å²) in [6, 6.07) is 3.91. The molecule has 15 heavy (non-hydrogen) atoms. The zero-order chi connectivity index (χ0) is 10.7. The molecule has 0 aliphatic heterocycles. The third kappa shape index (κ3) is 2.76. The van der Waals surface area contributed by atoms with Crippen molar-refractivity contribution in [3.8, 4) is 0 Å². The van der Waals surface area contributed by atoms with E-state index in [1.807, 2.05) is 19.1 Å². The van der Waals surface area contributed by atoms with Crippen LogP contribution in [0, 0.1) is 6.92 Å². The Morgan fingerprint density at radius 1 is 1.40 bits per heavy atom. The van der Waals surface area contributed by atoms with Crippen molar-refractivity contribution >= 4 is 17.2 Å². The fraction of sp³-hybridized carbons (Fsp3) is 0.273. The molecule has 0 radical (unpaired) electrons. The first-order valence-electron chi connectivity index (χ1n) is 4.85. The van der Waals surface area contributed by atoms with Crippen molar-refractivity contribution in [3.05, 3.63) is 40.0 Å². The molecule has 2 rings (SSSR count). The number of aryl methyl sites for hydroxylation is 3. The van der Waals surface area contributed by atoms with Gasteiger partial charge in [0.2, 0.25) is 0 Å². The van der Waals surface area contributed by atoms with Crippen molar-refractivity contribution in [3.63, 3.8) is 0 Å². The van der Waals surface area contributed by atoms with Gasteiger partial charge in [-0.1, -0.05) is 0 Å². The predicted octanol–water partition coefficient (Wildman–Crippen LogP) is 2.21. The average molecular weight is 219 g/mol. The molecule has 0 spiro atoms. The maximum Gasteiger partial charge on any atom is 0.123 e. The number of thiazole rings is 1. The van der Waals surface area contributed by atoms with E-state index >= 15 is 0 Å². The molecular weight excluding hydrogens is 206 g/mol. The molecule has 0 saturated carbocycles. The quantitative estimate of drug-likeness (QED) is 0.861. The molecule has 2 aromatic rings. The lowest BCUT2D eigenvalue weighted by atomic mass is 10.1. The zero-order valence-corrected chi connectivity index (χ0v) is 9.42. The van der Waals surface area contributed by atoms with Crippen LogP contribution in [0.2, 0.25) is 0 Å². The fourth-order valence-corrected chi connectivity index (χ4v) is 2.09. The van der Waals surface area contributed by atoms with Crippen LogP contribution in [-0.2, 0) is 12.8 Å². The standard InChI is InChI=1S/C11H13N3S/c1-8-14-10(7-15-8)3-2-9-4-5-13-11(12)6-9/h4-7H,2-3H2,1H3,(H2,12,13). The second-order valence-electron chi connectivity index (χ2n) is 3.45. The van der Waals surface area contributed by atoms with Crippen molar-refractivity contribution in [1.82, 2.24) is 9.97 Å². The van der Waals surface area contributed by atoms with E-state index in [1.165, 1.54) is 5.56 Å². The Bertz CT molecular complexity index is 451. The van der Waals surface area contributed by atoms with Crippen LogP contribution in [0.4, 0.5) is 5.82 Å². The van der Waals surface area contributed by atoms with Crippen LogP contribution in [0.1, 0.15) is 16.3 Å². The number of nitrogens with zero attached hydrogens (tertiary/aromatic N) is 2. The van der Waals surface area contributed by atoms with E-state index < -0.39 is 0 Å². The van der Waals surface area contributed by atoms with Gasteiger partial charge in [-0.25, -0.2) is 9.97 Å². The van der Waals surface area contributed by atoms with E-state index in [-0.39, 0.29) is 0 Å². The van der Waals surface area contributed by atoms with Crippen LogP contribution >= 0.6 is 11.3 Å². The van der Waals surface area contributed by atoms with Gasteiger partial charge in [-0.15, -0.1) is 11.3 Å². The van der Waals surface area contributed by atoms with Crippen LogP contribution in [0.5, 0.6) is 0 Å². The van der Waals surface area contributed by atoms with Gasteiger partial charge in [0, 0.05) is 11.6 Å². The minimum atomic E-state index is 0.585. The smallest absolute Gasteiger partial charge is 0.123 e. The molecule has 0 atom stereocenters. The second-order valence-corrected chi connectivity index (χ2v) is 4.51. The van der Waals surface area contributed by atoms with Crippen molar-refractivity contribution < 1.29 is 0 Å². The summed E-state index contributed by atoms with van der Waals surface area (Å²) in [5.41, 5.74) is 7.98. The highest BCUT2D eigenvalue weighted by Gasteiger charge is 2.00. The fourth-order valence-electron chi connectivity index (χ4n) is 1.45. The minimum absolute atomic E-state index is 0.585. The van der Waals surface area contributed by atoms with Gasteiger partial charge in [-0.05, 0) is 37.5 Å². The highest BCUT2D eigenvalue weighted by Crippen LogP contribution is 2.11. The van der Waals surface area contributed by atoms with Crippen LogP contribution in [0.25, 0.3) is 0 Å². The van der Waals surface area contributed by atoms with Crippen LogP contribution in [0.15, 0.2) is 23.7 Å². The monoisotopic (exact) mass is 219 g/mol. The highest BCUT2D eigenvalue weighted by atomic mass is 32.1. The van der Waals surface area contributed by atoms with Crippen LogP contribution in [0.3, 0.4) is 0 Å². The van der Waals surface area contributed by atoms with Gasteiger partial charge in [-0.2, -0.15) is 0 Å². The van der Waals surface area contributed by atoms with E-state index in [9.17, 15) is 0 Å². The molecule has 0 aromatic carbocycles. The lowest BCUT2D eigenvalue weighted by molar-refractivity contribution is 0.917. The third-order valence-corrected chi connectivity index (χ3v) is 3.00. The molecule has 2 heterocycles. The molecule has 0 aliphatic rings.